The summed E-state index contributed by atoms with van der Waals surface area (Å²) in [5.74, 6) is 5.28. The van der Waals surface area contributed by atoms with Crippen molar-refractivity contribution >= 4 is 17.9 Å². The summed E-state index contributed by atoms with van der Waals surface area (Å²) >= 11 is 0. The van der Waals surface area contributed by atoms with Crippen LogP contribution in [0.15, 0.2) is 47.6 Å². The van der Waals surface area contributed by atoms with Crippen molar-refractivity contribution in [3.63, 3.8) is 0 Å². The fourth-order valence-corrected chi connectivity index (χ4v) is 2.61. The van der Waals surface area contributed by atoms with Gasteiger partial charge < -0.3 is 21.0 Å². The molecule has 1 atom stereocenters. The zero-order valence-corrected chi connectivity index (χ0v) is 16.0. The van der Waals surface area contributed by atoms with Gasteiger partial charge in [0.25, 0.3) is 0 Å². The Hall–Kier alpha value is -3.02. The van der Waals surface area contributed by atoms with E-state index in [0.717, 1.165) is 17.5 Å². The van der Waals surface area contributed by atoms with Crippen LogP contribution in [-0.4, -0.2) is 23.9 Å². The minimum Gasteiger partial charge on any atom is -0.493 e. The predicted molar refractivity (Wildman–Crippen MR) is 108 cm³/mol. The lowest BCUT2D eigenvalue weighted by molar-refractivity contribution is -0.138. The van der Waals surface area contributed by atoms with Gasteiger partial charge in [0.15, 0.2) is 6.04 Å². The summed E-state index contributed by atoms with van der Waals surface area (Å²) in [5.41, 5.74) is 3.23. The highest BCUT2D eigenvalue weighted by molar-refractivity contribution is 5.82. The third-order valence-corrected chi connectivity index (χ3v) is 4.01. The molecule has 0 radical (unpaired) electrons. The molecule has 0 aliphatic rings. The molecule has 27 heavy (non-hydrogen) atoms. The molecular weight excluding hydrogens is 342 g/mol. The second-order valence-corrected chi connectivity index (χ2v) is 6.78. The molecule has 0 amide bonds. The Bertz CT molecular complexity index is 786. The number of ether oxygens (including phenoxy) is 1. The number of anilines is 1. The van der Waals surface area contributed by atoms with Crippen molar-refractivity contribution in [2.45, 2.75) is 33.2 Å². The first-order valence-corrected chi connectivity index (χ1v) is 9.02. The number of carbonyl (C=O) groups is 1. The highest BCUT2D eigenvalue weighted by Crippen LogP contribution is 2.26. The number of carboxylic acids is 1. The van der Waals surface area contributed by atoms with Crippen LogP contribution in [0.25, 0.3) is 0 Å². The Labute approximate surface area is 160 Å². The Morgan fingerprint density at radius 3 is 2.52 bits per heavy atom. The molecule has 0 aliphatic heterocycles. The van der Waals surface area contributed by atoms with Crippen LogP contribution < -0.4 is 15.9 Å². The van der Waals surface area contributed by atoms with Crippen molar-refractivity contribution in [2.24, 2.45) is 16.9 Å². The number of benzene rings is 2. The summed E-state index contributed by atoms with van der Waals surface area (Å²) in [7, 11) is 0. The van der Waals surface area contributed by atoms with Crippen molar-refractivity contribution in [3.8, 4) is 5.75 Å². The van der Waals surface area contributed by atoms with E-state index in [0.29, 0.717) is 29.5 Å². The van der Waals surface area contributed by atoms with E-state index in [2.05, 4.69) is 24.3 Å². The highest BCUT2D eigenvalue weighted by atomic mass is 16.5. The third kappa shape index (κ3) is 6.02. The van der Waals surface area contributed by atoms with Crippen LogP contribution in [0.3, 0.4) is 0 Å². The van der Waals surface area contributed by atoms with Gasteiger partial charge in [0.1, 0.15) is 5.75 Å². The van der Waals surface area contributed by atoms with Crippen LogP contribution in [0.2, 0.25) is 0 Å². The highest BCUT2D eigenvalue weighted by Gasteiger charge is 2.21. The molecule has 0 fully saturated rings. The first kappa shape index (κ1) is 20.3. The number of aryl methyl sites for hydroxylation is 1. The van der Waals surface area contributed by atoms with Gasteiger partial charge in [-0.05, 0) is 53.3 Å². The molecule has 6 nitrogen and oxygen atoms in total. The Kier molecular flexibility index (Phi) is 7.23. The van der Waals surface area contributed by atoms with Gasteiger partial charge in [0.05, 0.1) is 12.8 Å². The molecule has 2 aromatic carbocycles. The second kappa shape index (κ2) is 9.62. The van der Waals surface area contributed by atoms with Crippen molar-refractivity contribution in [3.05, 3.63) is 59.2 Å². The molecule has 0 aliphatic carbocycles. The summed E-state index contributed by atoms with van der Waals surface area (Å²) in [5, 5.41) is 16.3. The van der Waals surface area contributed by atoms with Gasteiger partial charge in [0.2, 0.25) is 0 Å². The van der Waals surface area contributed by atoms with Gasteiger partial charge in [-0.3, -0.25) is 0 Å². The second-order valence-electron chi connectivity index (χ2n) is 6.78. The first-order chi connectivity index (χ1) is 12.9. The smallest absolute Gasteiger partial charge is 0.330 e. The van der Waals surface area contributed by atoms with E-state index in [9.17, 15) is 9.90 Å². The average Bonchev–Trinajstić information content (AvgIpc) is 2.65. The molecule has 0 aromatic heterocycles. The maximum atomic E-state index is 11.9. The zero-order chi connectivity index (χ0) is 19.8. The standard InChI is InChI=1S/C21H27N3O3/c1-4-15-9-17(11-19(10-15)27-13-14(2)3)20(21(25)26)24-18-7-5-16(6-8-18)12-23-22/h5-12,14,20,24H,4,13,22H2,1-3H3,(H,25,26). The average molecular weight is 369 g/mol. The topological polar surface area (TPSA) is 96.9 Å². The number of aliphatic carboxylic acids is 1. The molecule has 0 saturated heterocycles. The van der Waals surface area contributed by atoms with E-state index < -0.39 is 12.0 Å². The van der Waals surface area contributed by atoms with E-state index >= 15 is 0 Å². The maximum absolute atomic E-state index is 11.9. The molecule has 4 N–H and O–H groups in total. The van der Waals surface area contributed by atoms with Crippen molar-refractivity contribution < 1.29 is 14.6 Å². The Balaban J connectivity index is 2.29. The van der Waals surface area contributed by atoms with Gasteiger partial charge in [-0.1, -0.05) is 39.0 Å². The summed E-state index contributed by atoms with van der Waals surface area (Å²) in [6.45, 7) is 6.77. The van der Waals surface area contributed by atoms with Gasteiger partial charge in [-0.25, -0.2) is 4.79 Å². The summed E-state index contributed by atoms with van der Waals surface area (Å²) in [4.78, 5) is 11.9. The lowest BCUT2D eigenvalue weighted by atomic mass is 10.0. The molecule has 144 valence electrons. The van der Waals surface area contributed by atoms with Crippen LogP contribution in [0.1, 0.15) is 43.5 Å². The maximum Gasteiger partial charge on any atom is 0.330 e. The van der Waals surface area contributed by atoms with Crippen molar-refractivity contribution in [1.29, 1.82) is 0 Å². The third-order valence-electron chi connectivity index (χ3n) is 4.01. The molecule has 2 rings (SSSR count). The minimum absolute atomic E-state index is 0.391. The van der Waals surface area contributed by atoms with Gasteiger partial charge in [-0.2, -0.15) is 5.10 Å². The van der Waals surface area contributed by atoms with Crippen LogP contribution in [0.4, 0.5) is 5.69 Å². The van der Waals surface area contributed by atoms with Crippen LogP contribution in [-0.2, 0) is 11.2 Å². The molecule has 0 saturated carbocycles. The number of nitrogens with one attached hydrogen (secondary N) is 1. The number of carboxylic acid groups (broad SMARTS) is 1. The molecule has 1 unspecified atom stereocenters. The summed E-state index contributed by atoms with van der Waals surface area (Å²) in [6, 6.07) is 12.0. The number of hydrogen-bond acceptors (Lipinski definition) is 5. The van der Waals surface area contributed by atoms with E-state index in [1.807, 2.05) is 31.2 Å². The van der Waals surface area contributed by atoms with Crippen LogP contribution in [0, 0.1) is 5.92 Å². The number of hydrogen-bond donors (Lipinski definition) is 3. The Morgan fingerprint density at radius 2 is 1.96 bits per heavy atom. The van der Waals surface area contributed by atoms with Crippen molar-refractivity contribution in [2.75, 3.05) is 11.9 Å². The van der Waals surface area contributed by atoms with Gasteiger partial charge in [0, 0.05) is 5.69 Å². The van der Waals surface area contributed by atoms with Crippen LogP contribution >= 0.6 is 0 Å². The molecule has 0 bridgehead atoms. The molecule has 0 heterocycles. The summed E-state index contributed by atoms with van der Waals surface area (Å²) in [6.07, 6.45) is 2.33. The SMILES string of the molecule is CCc1cc(OCC(C)C)cc(C(Nc2ccc(C=NN)cc2)C(=O)O)c1. The fourth-order valence-electron chi connectivity index (χ4n) is 2.61. The largest absolute Gasteiger partial charge is 0.493 e. The van der Waals surface area contributed by atoms with Crippen LogP contribution in [0.5, 0.6) is 5.75 Å². The monoisotopic (exact) mass is 369 g/mol. The van der Waals surface area contributed by atoms with E-state index in [1.54, 1.807) is 18.2 Å². The number of rotatable bonds is 9. The van der Waals surface area contributed by atoms with E-state index in [1.165, 1.54) is 6.21 Å². The van der Waals surface area contributed by atoms with E-state index in [4.69, 9.17) is 10.6 Å². The lowest BCUT2D eigenvalue weighted by Gasteiger charge is -2.19. The molecule has 0 spiro atoms. The first-order valence-electron chi connectivity index (χ1n) is 9.02. The number of nitrogens with zero attached hydrogens (tertiary/aromatic N) is 1. The molecule has 2 aromatic rings. The van der Waals surface area contributed by atoms with Gasteiger partial charge >= 0.3 is 5.97 Å². The fraction of sp³-hybridized carbons (Fsp3) is 0.333. The molecular formula is C21H27N3O3. The summed E-state index contributed by atoms with van der Waals surface area (Å²) < 4.78 is 5.83. The predicted octanol–water partition coefficient (Wildman–Crippen LogP) is 3.81. The zero-order valence-electron chi connectivity index (χ0n) is 16.0. The minimum atomic E-state index is -0.953. The van der Waals surface area contributed by atoms with Gasteiger partial charge in [-0.15, -0.1) is 0 Å². The number of nitrogens with two attached hydrogens (primary N) is 1. The number of hydrazone groups is 1. The van der Waals surface area contributed by atoms with E-state index in [-0.39, 0.29) is 0 Å². The Morgan fingerprint density at radius 1 is 1.26 bits per heavy atom. The lowest BCUT2D eigenvalue weighted by Crippen LogP contribution is -2.21. The quantitative estimate of drug-likeness (QED) is 0.355. The normalized spacial score (nSPS) is 12.3. The van der Waals surface area contributed by atoms with Crippen molar-refractivity contribution in [1.82, 2.24) is 0 Å². The molecule has 6 heteroatoms.